The van der Waals surface area contributed by atoms with Gasteiger partial charge in [0.1, 0.15) is 0 Å². The Kier molecular flexibility index (Phi) is 4.41. The molecule has 1 heterocycles. The van der Waals surface area contributed by atoms with Crippen LogP contribution in [0.1, 0.15) is 13.3 Å². The van der Waals surface area contributed by atoms with Gasteiger partial charge in [0.15, 0.2) is 0 Å². The van der Waals surface area contributed by atoms with Crippen molar-refractivity contribution in [2.75, 3.05) is 25.0 Å². The molecule has 2 atom stereocenters. The van der Waals surface area contributed by atoms with Gasteiger partial charge in [-0.25, -0.2) is 0 Å². The zero-order valence-corrected chi connectivity index (χ0v) is 8.56. The number of hydrogen-bond acceptors (Lipinski definition) is 2. The first-order valence-electron chi connectivity index (χ1n) is 4.23. The number of rotatable bonds is 3. The molecular weight excluding hydrogens is 206 g/mol. The van der Waals surface area contributed by atoms with Gasteiger partial charge in [0, 0.05) is 18.4 Å². The van der Waals surface area contributed by atoms with E-state index in [1.54, 1.807) is 0 Å². The third kappa shape index (κ3) is 3.09. The van der Waals surface area contributed by atoms with E-state index in [0.717, 1.165) is 25.0 Å². The third-order valence-electron chi connectivity index (χ3n) is 2.16. The third-order valence-corrected chi connectivity index (χ3v) is 2.61. The van der Waals surface area contributed by atoms with Gasteiger partial charge in [0.25, 0.3) is 0 Å². The Bertz CT molecular complexity index is 104. The second-order valence-electron chi connectivity index (χ2n) is 3.07. The van der Waals surface area contributed by atoms with Gasteiger partial charge in [-0.1, -0.05) is 22.9 Å². The van der Waals surface area contributed by atoms with Crippen LogP contribution in [0.4, 0.5) is 0 Å². The number of hydrogen-bond donors (Lipinski definition) is 1. The van der Waals surface area contributed by atoms with Gasteiger partial charge < -0.3 is 10.1 Å². The van der Waals surface area contributed by atoms with Gasteiger partial charge in [-0.05, 0) is 12.3 Å². The van der Waals surface area contributed by atoms with Crippen molar-refractivity contribution in [1.29, 1.82) is 0 Å². The molecular formula is C8H16BrNO. The van der Waals surface area contributed by atoms with E-state index in [-0.39, 0.29) is 0 Å². The first-order chi connectivity index (χ1) is 5.34. The van der Waals surface area contributed by atoms with Crippen molar-refractivity contribution in [3.63, 3.8) is 0 Å². The summed E-state index contributed by atoms with van der Waals surface area (Å²) in [5.41, 5.74) is 0. The largest absolute Gasteiger partial charge is 0.375 e. The minimum atomic E-state index is 0.432. The van der Waals surface area contributed by atoms with Crippen molar-refractivity contribution < 1.29 is 4.74 Å². The topological polar surface area (TPSA) is 21.3 Å². The smallest absolute Gasteiger partial charge is 0.0725 e. The molecule has 2 unspecified atom stereocenters. The fourth-order valence-corrected chi connectivity index (χ4v) is 2.03. The van der Waals surface area contributed by atoms with E-state index in [2.05, 4.69) is 28.2 Å². The maximum Gasteiger partial charge on any atom is 0.0725 e. The van der Waals surface area contributed by atoms with Crippen LogP contribution < -0.4 is 5.32 Å². The molecule has 0 amide bonds. The van der Waals surface area contributed by atoms with Crippen LogP contribution in [-0.2, 0) is 4.74 Å². The molecule has 1 aliphatic heterocycles. The van der Waals surface area contributed by atoms with Gasteiger partial charge in [0.05, 0.1) is 12.7 Å². The van der Waals surface area contributed by atoms with E-state index in [1.807, 2.05) is 0 Å². The first-order valence-corrected chi connectivity index (χ1v) is 5.35. The Labute approximate surface area is 76.8 Å². The average Bonchev–Trinajstić information content (AvgIpc) is 2.07. The van der Waals surface area contributed by atoms with E-state index in [0.29, 0.717) is 12.0 Å². The number of ether oxygens (including phenoxy) is 1. The summed E-state index contributed by atoms with van der Waals surface area (Å²) in [7, 11) is 0. The van der Waals surface area contributed by atoms with Crippen LogP contribution in [0.5, 0.6) is 0 Å². The number of nitrogens with one attached hydrogen (secondary N) is 1. The lowest BCUT2D eigenvalue weighted by atomic mass is 10.0. The summed E-state index contributed by atoms with van der Waals surface area (Å²) in [6.07, 6.45) is 1.63. The molecule has 3 heteroatoms. The van der Waals surface area contributed by atoms with Crippen molar-refractivity contribution in [3.05, 3.63) is 0 Å². The van der Waals surface area contributed by atoms with E-state index < -0.39 is 0 Å². The van der Waals surface area contributed by atoms with Gasteiger partial charge in [-0.15, -0.1) is 0 Å². The lowest BCUT2D eigenvalue weighted by Crippen LogP contribution is -2.42. The van der Waals surface area contributed by atoms with Gasteiger partial charge in [-0.3, -0.25) is 0 Å². The summed E-state index contributed by atoms with van der Waals surface area (Å²) < 4.78 is 5.61. The number of morpholine rings is 1. The van der Waals surface area contributed by atoms with Gasteiger partial charge in [0.2, 0.25) is 0 Å². The molecule has 0 aromatic rings. The van der Waals surface area contributed by atoms with Crippen LogP contribution in [0.15, 0.2) is 0 Å². The Balaban J connectivity index is 2.21. The minimum absolute atomic E-state index is 0.432. The molecule has 1 aliphatic rings. The Morgan fingerprint density at radius 1 is 1.73 bits per heavy atom. The summed E-state index contributed by atoms with van der Waals surface area (Å²) in [4.78, 5) is 0. The van der Waals surface area contributed by atoms with Crippen molar-refractivity contribution in [1.82, 2.24) is 5.32 Å². The molecule has 1 N–H and O–H groups in total. The van der Waals surface area contributed by atoms with E-state index in [4.69, 9.17) is 4.74 Å². The molecule has 0 aliphatic carbocycles. The zero-order valence-electron chi connectivity index (χ0n) is 6.98. The highest BCUT2D eigenvalue weighted by molar-refractivity contribution is 9.09. The lowest BCUT2D eigenvalue weighted by Gasteiger charge is -2.28. The second kappa shape index (κ2) is 5.12. The SMILES string of the molecule is CC(CCBr)C1CNCCO1. The van der Waals surface area contributed by atoms with Gasteiger partial charge in [-0.2, -0.15) is 0 Å². The highest BCUT2D eigenvalue weighted by Gasteiger charge is 2.19. The maximum absolute atomic E-state index is 5.61. The summed E-state index contributed by atoms with van der Waals surface area (Å²) in [6.45, 7) is 5.15. The molecule has 1 saturated heterocycles. The molecule has 0 saturated carbocycles. The number of alkyl halides is 1. The Morgan fingerprint density at radius 3 is 3.09 bits per heavy atom. The summed E-state index contributed by atoms with van der Waals surface area (Å²) in [5.74, 6) is 0.669. The highest BCUT2D eigenvalue weighted by atomic mass is 79.9. The molecule has 11 heavy (non-hydrogen) atoms. The molecule has 0 aromatic heterocycles. The molecule has 0 spiro atoms. The minimum Gasteiger partial charge on any atom is -0.375 e. The lowest BCUT2D eigenvalue weighted by molar-refractivity contribution is -0.00475. The standard InChI is InChI=1S/C8H16BrNO/c1-7(2-3-9)8-6-10-4-5-11-8/h7-8,10H,2-6H2,1H3. The average molecular weight is 222 g/mol. The van der Waals surface area contributed by atoms with Crippen LogP contribution in [0.3, 0.4) is 0 Å². The van der Waals surface area contributed by atoms with E-state index in [1.165, 1.54) is 6.42 Å². The molecule has 0 radical (unpaired) electrons. The predicted molar refractivity (Wildman–Crippen MR) is 50.2 cm³/mol. The quantitative estimate of drug-likeness (QED) is 0.728. The molecule has 66 valence electrons. The predicted octanol–water partition coefficient (Wildman–Crippen LogP) is 1.40. The number of halogens is 1. The van der Waals surface area contributed by atoms with Crippen molar-refractivity contribution >= 4 is 15.9 Å². The molecule has 2 nitrogen and oxygen atoms in total. The van der Waals surface area contributed by atoms with Crippen LogP contribution in [0.25, 0.3) is 0 Å². The van der Waals surface area contributed by atoms with Crippen molar-refractivity contribution in [3.8, 4) is 0 Å². The van der Waals surface area contributed by atoms with Crippen LogP contribution in [0.2, 0.25) is 0 Å². The van der Waals surface area contributed by atoms with Crippen LogP contribution in [-0.4, -0.2) is 31.1 Å². The van der Waals surface area contributed by atoms with E-state index >= 15 is 0 Å². The second-order valence-corrected chi connectivity index (χ2v) is 3.86. The fourth-order valence-electron chi connectivity index (χ4n) is 1.31. The maximum atomic E-state index is 5.61. The molecule has 0 bridgehead atoms. The zero-order chi connectivity index (χ0) is 8.10. The summed E-state index contributed by atoms with van der Waals surface area (Å²) >= 11 is 3.44. The van der Waals surface area contributed by atoms with Crippen molar-refractivity contribution in [2.24, 2.45) is 5.92 Å². The van der Waals surface area contributed by atoms with Crippen LogP contribution in [0, 0.1) is 5.92 Å². The Morgan fingerprint density at radius 2 is 2.55 bits per heavy atom. The monoisotopic (exact) mass is 221 g/mol. The fraction of sp³-hybridized carbons (Fsp3) is 1.00. The summed E-state index contributed by atoms with van der Waals surface area (Å²) in [6, 6.07) is 0. The van der Waals surface area contributed by atoms with Gasteiger partial charge >= 0.3 is 0 Å². The normalized spacial score (nSPS) is 28.4. The molecule has 1 rings (SSSR count). The van der Waals surface area contributed by atoms with E-state index in [9.17, 15) is 0 Å². The van der Waals surface area contributed by atoms with Crippen molar-refractivity contribution in [2.45, 2.75) is 19.4 Å². The highest BCUT2D eigenvalue weighted by Crippen LogP contribution is 2.14. The molecule has 1 fully saturated rings. The molecule has 0 aromatic carbocycles. The summed E-state index contributed by atoms with van der Waals surface area (Å²) in [5, 5.41) is 4.41. The van der Waals surface area contributed by atoms with Crippen LogP contribution >= 0.6 is 15.9 Å². The Hall–Kier alpha value is 0.400. The first kappa shape index (κ1) is 9.49.